The molecule has 100 valence electrons. The first-order valence-corrected chi connectivity index (χ1v) is 6.23. The number of hydrogen-bond acceptors (Lipinski definition) is 4. The molecule has 2 rings (SSSR count). The van der Waals surface area contributed by atoms with E-state index < -0.39 is 0 Å². The van der Waals surface area contributed by atoms with E-state index in [4.69, 9.17) is 4.74 Å². The number of aryl methyl sites for hydroxylation is 3. The van der Waals surface area contributed by atoms with E-state index in [2.05, 4.69) is 35.2 Å². The molecule has 0 bridgehead atoms. The molecule has 0 amide bonds. The predicted molar refractivity (Wildman–Crippen MR) is 77.8 cm³/mol. The fourth-order valence-corrected chi connectivity index (χ4v) is 2.21. The zero-order valence-electron chi connectivity index (χ0n) is 12.0. The fraction of sp³-hybridized carbons (Fsp3) is 0.333. The molecule has 0 aliphatic rings. The van der Waals surface area contributed by atoms with Crippen LogP contribution >= 0.6 is 0 Å². The summed E-state index contributed by atoms with van der Waals surface area (Å²) in [5.41, 5.74) is 5.31. The van der Waals surface area contributed by atoms with Gasteiger partial charge in [0.25, 0.3) is 0 Å². The number of nitrogens with zero attached hydrogens (tertiary/aromatic N) is 2. The highest BCUT2D eigenvalue weighted by atomic mass is 16.5. The molecule has 0 radical (unpaired) electrons. The van der Waals surface area contributed by atoms with E-state index in [0.717, 1.165) is 28.1 Å². The van der Waals surface area contributed by atoms with Crippen molar-refractivity contribution in [3.8, 4) is 17.0 Å². The van der Waals surface area contributed by atoms with E-state index in [9.17, 15) is 0 Å². The summed E-state index contributed by atoms with van der Waals surface area (Å²) in [6.07, 6.45) is 1.83. The van der Waals surface area contributed by atoms with E-state index in [1.54, 1.807) is 7.11 Å². The molecule has 0 saturated heterocycles. The lowest BCUT2D eigenvalue weighted by atomic mass is 9.99. The highest BCUT2D eigenvalue weighted by Gasteiger charge is 2.14. The molecule has 1 aromatic carbocycles. The van der Waals surface area contributed by atoms with E-state index in [-0.39, 0.29) is 0 Å². The summed E-state index contributed by atoms with van der Waals surface area (Å²) in [5, 5.41) is 2.97. The van der Waals surface area contributed by atoms with Crippen LogP contribution in [0.1, 0.15) is 16.7 Å². The molecule has 0 aliphatic carbocycles. The Morgan fingerprint density at radius 1 is 1.11 bits per heavy atom. The van der Waals surface area contributed by atoms with Crippen LogP contribution in [0.5, 0.6) is 5.75 Å². The van der Waals surface area contributed by atoms with Gasteiger partial charge in [0.1, 0.15) is 5.75 Å². The van der Waals surface area contributed by atoms with Crippen LogP contribution < -0.4 is 10.1 Å². The Kier molecular flexibility index (Phi) is 3.69. The van der Waals surface area contributed by atoms with Gasteiger partial charge in [0.05, 0.1) is 12.8 Å². The van der Waals surface area contributed by atoms with E-state index >= 15 is 0 Å². The van der Waals surface area contributed by atoms with Crippen molar-refractivity contribution in [1.29, 1.82) is 0 Å². The topological polar surface area (TPSA) is 47.0 Å². The molecule has 0 aliphatic heterocycles. The Labute approximate surface area is 113 Å². The van der Waals surface area contributed by atoms with Gasteiger partial charge in [-0.3, -0.25) is 0 Å². The minimum Gasteiger partial charge on any atom is -0.496 e. The van der Waals surface area contributed by atoms with Gasteiger partial charge >= 0.3 is 0 Å². The second kappa shape index (κ2) is 5.26. The van der Waals surface area contributed by atoms with Crippen molar-refractivity contribution < 1.29 is 4.74 Å². The molecule has 0 spiro atoms. The fourth-order valence-electron chi connectivity index (χ4n) is 2.21. The zero-order chi connectivity index (χ0) is 14.0. The van der Waals surface area contributed by atoms with Gasteiger partial charge in [-0.25, -0.2) is 9.97 Å². The molecule has 4 heteroatoms. The smallest absolute Gasteiger partial charge is 0.222 e. The zero-order valence-corrected chi connectivity index (χ0v) is 12.0. The van der Waals surface area contributed by atoms with Gasteiger partial charge in [-0.15, -0.1) is 0 Å². The molecular weight excluding hydrogens is 238 g/mol. The maximum atomic E-state index is 5.51. The predicted octanol–water partition coefficient (Wildman–Crippen LogP) is 3.12. The first-order valence-electron chi connectivity index (χ1n) is 6.23. The molecule has 1 aromatic heterocycles. The minimum absolute atomic E-state index is 0.614. The average Bonchev–Trinajstić information content (AvgIpc) is 2.39. The Balaban J connectivity index is 2.70. The summed E-state index contributed by atoms with van der Waals surface area (Å²) in [4.78, 5) is 8.78. The summed E-state index contributed by atoms with van der Waals surface area (Å²) in [5.74, 6) is 1.46. The van der Waals surface area contributed by atoms with Gasteiger partial charge in [0.15, 0.2) is 0 Å². The summed E-state index contributed by atoms with van der Waals surface area (Å²) < 4.78 is 5.51. The van der Waals surface area contributed by atoms with Crippen molar-refractivity contribution in [2.75, 3.05) is 19.5 Å². The molecule has 0 fully saturated rings. The highest BCUT2D eigenvalue weighted by molar-refractivity contribution is 5.74. The van der Waals surface area contributed by atoms with Gasteiger partial charge in [-0.1, -0.05) is 6.07 Å². The molecule has 2 aromatic rings. The number of aromatic nitrogens is 2. The van der Waals surface area contributed by atoms with Crippen LogP contribution in [0.3, 0.4) is 0 Å². The minimum atomic E-state index is 0.614. The maximum Gasteiger partial charge on any atom is 0.222 e. The monoisotopic (exact) mass is 257 g/mol. The van der Waals surface area contributed by atoms with Crippen LogP contribution in [0.2, 0.25) is 0 Å². The number of benzene rings is 1. The number of ether oxygens (including phenoxy) is 1. The van der Waals surface area contributed by atoms with Crippen molar-refractivity contribution >= 4 is 5.95 Å². The quantitative estimate of drug-likeness (QED) is 0.917. The largest absolute Gasteiger partial charge is 0.496 e. The third kappa shape index (κ3) is 2.52. The number of methoxy groups -OCH3 is 1. The molecular formula is C15H19N3O. The summed E-state index contributed by atoms with van der Waals surface area (Å²) in [7, 11) is 3.50. The van der Waals surface area contributed by atoms with Crippen molar-refractivity contribution in [3.05, 3.63) is 35.0 Å². The number of nitrogens with one attached hydrogen (secondary N) is 1. The maximum absolute atomic E-state index is 5.51. The van der Waals surface area contributed by atoms with Crippen molar-refractivity contribution in [3.63, 3.8) is 0 Å². The number of hydrogen-bond donors (Lipinski definition) is 1. The van der Waals surface area contributed by atoms with Gasteiger partial charge in [0, 0.05) is 18.8 Å². The van der Waals surface area contributed by atoms with E-state index in [1.807, 2.05) is 26.2 Å². The molecule has 0 unspecified atom stereocenters. The van der Waals surface area contributed by atoms with Crippen molar-refractivity contribution in [2.24, 2.45) is 0 Å². The van der Waals surface area contributed by atoms with Crippen LogP contribution in [-0.2, 0) is 0 Å². The molecule has 4 nitrogen and oxygen atoms in total. The Bertz CT molecular complexity index is 609. The Morgan fingerprint density at radius 2 is 1.84 bits per heavy atom. The summed E-state index contributed by atoms with van der Waals surface area (Å²) >= 11 is 0. The van der Waals surface area contributed by atoms with Crippen molar-refractivity contribution in [2.45, 2.75) is 20.8 Å². The molecule has 0 atom stereocenters. The first kappa shape index (κ1) is 13.3. The van der Waals surface area contributed by atoms with Crippen LogP contribution in [0.4, 0.5) is 5.95 Å². The van der Waals surface area contributed by atoms with Crippen LogP contribution in [0, 0.1) is 20.8 Å². The lowest BCUT2D eigenvalue weighted by Gasteiger charge is -2.14. The van der Waals surface area contributed by atoms with Gasteiger partial charge < -0.3 is 10.1 Å². The molecule has 0 saturated carbocycles. The number of rotatable bonds is 3. The van der Waals surface area contributed by atoms with Crippen LogP contribution in [0.15, 0.2) is 18.3 Å². The highest BCUT2D eigenvalue weighted by Crippen LogP contribution is 2.35. The Morgan fingerprint density at radius 3 is 2.47 bits per heavy atom. The normalized spacial score (nSPS) is 10.4. The first-order chi connectivity index (χ1) is 9.06. The van der Waals surface area contributed by atoms with Crippen LogP contribution in [0.25, 0.3) is 11.3 Å². The molecule has 1 heterocycles. The summed E-state index contributed by atoms with van der Waals surface area (Å²) in [6.45, 7) is 6.14. The lowest BCUT2D eigenvalue weighted by molar-refractivity contribution is 0.415. The van der Waals surface area contributed by atoms with Gasteiger partial charge in [-0.2, -0.15) is 0 Å². The van der Waals surface area contributed by atoms with Gasteiger partial charge in [-0.05, 0) is 43.5 Å². The second-order valence-electron chi connectivity index (χ2n) is 4.63. The number of anilines is 1. The summed E-state index contributed by atoms with van der Waals surface area (Å²) in [6, 6.07) is 4.17. The SMILES string of the molecule is CNc1ncc(C)c(-c2c(C)cc(C)cc2OC)n1. The lowest BCUT2D eigenvalue weighted by Crippen LogP contribution is -2.01. The van der Waals surface area contributed by atoms with E-state index in [0.29, 0.717) is 5.95 Å². The third-order valence-corrected chi connectivity index (χ3v) is 3.10. The third-order valence-electron chi connectivity index (χ3n) is 3.10. The average molecular weight is 257 g/mol. The second-order valence-corrected chi connectivity index (χ2v) is 4.63. The molecule has 1 N–H and O–H groups in total. The van der Waals surface area contributed by atoms with Gasteiger partial charge in [0.2, 0.25) is 5.95 Å². The standard InChI is InChI=1S/C15H19N3O/c1-9-6-10(2)13(12(7-9)19-5)14-11(3)8-17-15(16-4)18-14/h6-8H,1-5H3,(H,16,17,18). The molecule has 19 heavy (non-hydrogen) atoms. The van der Waals surface area contributed by atoms with Crippen molar-refractivity contribution in [1.82, 2.24) is 9.97 Å². The Hall–Kier alpha value is -2.10. The van der Waals surface area contributed by atoms with E-state index in [1.165, 1.54) is 5.56 Å². The van der Waals surface area contributed by atoms with Crippen LogP contribution in [-0.4, -0.2) is 24.1 Å².